The topological polar surface area (TPSA) is 81.2 Å². The van der Waals surface area contributed by atoms with Crippen LogP contribution in [0.3, 0.4) is 0 Å². The maximum absolute atomic E-state index is 13.6. The summed E-state index contributed by atoms with van der Waals surface area (Å²) in [7, 11) is 1.46. The number of carbonyl (C=O) groups excluding carboxylic acids is 2. The van der Waals surface area contributed by atoms with Gasteiger partial charge in [0.2, 0.25) is 5.91 Å². The fourth-order valence-corrected chi connectivity index (χ4v) is 2.36. The van der Waals surface area contributed by atoms with Crippen molar-refractivity contribution in [1.82, 2.24) is 5.32 Å². The molecule has 1 rings (SSSR count). The minimum atomic E-state index is -5.04. The number of esters is 1. The van der Waals surface area contributed by atoms with Crippen LogP contribution in [0.15, 0.2) is 24.3 Å². The third-order valence-corrected chi connectivity index (χ3v) is 3.47. The van der Waals surface area contributed by atoms with E-state index in [2.05, 4.69) is 4.74 Å². The number of hydrogen-bond donors (Lipinski definition) is 2. The first-order valence-corrected chi connectivity index (χ1v) is 7.67. The minimum absolute atomic E-state index is 0.126. The summed E-state index contributed by atoms with van der Waals surface area (Å²) in [6.45, 7) is 1.94. The molecule has 0 unspecified atom stereocenters. The predicted octanol–water partition coefficient (Wildman–Crippen LogP) is 0.759. The van der Waals surface area contributed by atoms with E-state index >= 15 is 0 Å². The average Bonchev–Trinajstić information content (AvgIpc) is 2.53. The molecule has 0 heterocycles. The Bertz CT molecular complexity index is 607. The molecule has 3 N–H and O–H groups in total. The molecule has 9 heteroatoms. The van der Waals surface area contributed by atoms with Gasteiger partial charge in [-0.05, 0) is 18.6 Å². The highest BCUT2D eigenvalue weighted by Gasteiger charge is 2.67. The van der Waals surface area contributed by atoms with Crippen LogP contribution in [0.2, 0.25) is 0 Å². The molecule has 1 atom stereocenters. The molecule has 140 valence electrons. The second-order valence-electron chi connectivity index (χ2n) is 5.26. The van der Waals surface area contributed by atoms with Gasteiger partial charge in [0.15, 0.2) is 0 Å². The molecule has 0 radical (unpaired) electrons. The lowest BCUT2D eigenvalue weighted by atomic mass is 10.1. The van der Waals surface area contributed by atoms with Crippen molar-refractivity contribution >= 4 is 11.9 Å². The van der Waals surface area contributed by atoms with Crippen LogP contribution >= 0.6 is 0 Å². The monoisotopic (exact) mass is 363 g/mol. The Morgan fingerprint density at radius 3 is 2.40 bits per heavy atom. The molecule has 25 heavy (non-hydrogen) atoms. The number of benzene rings is 1. The zero-order chi connectivity index (χ0) is 19.1. The van der Waals surface area contributed by atoms with Crippen molar-refractivity contribution in [3.8, 4) is 5.75 Å². The summed E-state index contributed by atoms with van der Waals surface area (Å²) in [4.78, 5) is 23.3. The number of methoxy groups -OCH3 is 1. The molecule has 6 nitrogen and oxygen atoms in total. The largest absolute Gasteiger partial charge is 0.496 e. The molecule has 0 aliphatic heterocycles. The zero-order valence-corrected chi connectivity index (χ0v) is 14.3. The van der Waals surface area contributed by atoms with E-state index in [4.69, 9.17) is 4.74 Å². The van der Waals surface area contributed by atoms with Crippen molar-refractivity contribution in [3.05, 3.63) is 29.8 Å². The number of quaternary nitrogens is 1. The van der Waals surface area contributed by atoms with Gasteiger partial charge in [-0.25, -0.2) is 4.79 Å². The number of carbonyl (C=O) groups is 2. The van der Waals surface area contributed by atoms with Gasteiger partial charge in [-0.2, -0.15) is 13.2 Å². The second kappa shape index (κ2) is 8.70. The minimum Gasteiger partial charge on any atom is -0.496 e. The molecular formula is C16H22F3N2O4+. The molecule has 1 aromatic rings. The number of nitrogens with one attached hydrogen (secondary N) is 1. The third kappa shape index (κ3) is 5.09. The maximum atomic E-state index is 13.6. The van der Waals surface area contributed by atoms with Gasteiger partial charge in [-0.15, -0.1) is 0 Å². The van der Waals surface area contributed by atoms with Crippen LogP contribution in [-0.4, -0.2) is 44.0 Å². The molecular weight excluding hydrogens is 341 g/mol. The molecule has 0 saturated carbocycles. The average molecular weight is 363 g/mol. The van der Waals surface area contributed by atoms with E-state index in [1.807, 2.05) is 0 Å². The van der Waals surface area contributed by atoms with Crippen molar-refractivity contribution in [2.75, 3.05) is 20.3 Å². The number of nitrogens with two attached hydrogens (primary N) is 1. The van der Waals surface area contributed by atoms with Gasteiger partial charge in [-0.1, -0.05) is 18.2 Å². The Morgan fingerprint density at radius 2 is 1.88 bits per heavy atom. The van der Waals surface area contributed by atoms with Crippen molar-refractivity contribution in [2.45, 2.75) is 32.1 Å². The number of rotatable bonds is 8. The SMILES string of the molecule is CCOC(=O)[C@@](NC(C)=O)([NH2+]CCc1ccccc1OC)C(F)(F)F. The third-order valence-electron chi connectivity index (χ3n) is 3.47. The summed E-state index contributed by atoms with van der Waals surface area (Å²) in [5, 5.41) is 2.44. The van der Waals surface area contributed by atoms with Crippen LogP contribution in [0.4, 0.5) is 13.2 Å². The molecule has 0 aliphatic rings. The lowest BCUT2D eigenvalue weighted by Gasteiger charge is -2.31. The highest BCUT2D eigenvalue weighted by atomic mass is 19.4. The predicted molar refractivity (Wildman–Crippen MR) is 82.7 cm³/mol. The number of ether oxygens (including phenoxy) is 2. The number of halogens is 3. The smallest absolute Gasteiger partial charge is 0.478 e. The van der Waals surface area contributed by atoms with Gasteiger partial charge in [0.1, 0.15) is 5.75 Å². The van der Waals surface area contributed by atoms with Gasteiger partial charge in [0.25, 0.3) is 0 Å². The van der Waals surface area contributed by atoms with E-state index in [-0.39, 0.29) is 19.6 Å². The standard InChI is InChI=1S/C16H21F3N2O4/c1-4-25-14(23)15(16(17,18)19,21-11(2)22)20-10-9-12-7-5-6-8-13(12)24-3/h5-8,20H,4,9-10H2,1-3H3,(H,21,22)/p+1/t15-/m0/s1. The highest BCUT2D eigenvalue weighted by Crippen LogP contribution is 2.27. The van der Waals surface area contributed by atoms with Gasteiger partial charge >= 0.3 is 17.8 Å². The Kier molecular flexibility index (Phi) is 7.22. The number of amides is 1. The summed E-state index contributed by atoms with van der Waals surface area (Å²) >= 11 is 0. The molecule has 1 aromatic carbocycles. The van der Waals surface area contributed by atoms with Gasteiger partial charge < -0.3 is 14.8 Å². The van der Waals surface area contributed by atoms with Gasteiger partial charge in [0, 0.05) is 13.3 Å². The Hall–Kier alpha value is -2.29. The summed E-state index contributed by atoms with van der Waals surface area (Å²) in [5.74, 6) is -2.01. The number of hydrogen-bond acceptors (Lipinski definition) is 4. The maximum Gasteiger partial charge on any atom is 0.478 e. The highest BCUT2D eigenvalue weighted by molar-refractivity contribution is 5.86. The van der Waals surface area contributed by atoms with Crippen molar-refractivity contribution in [2.24, 2.45) is 0 Å². The van der Waals surface area contributed by atoms with Crippen molar-refractivity contribution in [3.63, 3.8) is 0 Å². The van der Waals surface area contributed by atoms with Crippen LogP contribution in [0.1, 0.15) is 19.4 Å². The molecule has 0 spiro atoms. The van der Waals surface area contributed by atoms with Gasteiger partial charge in [0.05, 0.1) is 20.3 Å². The fourth-order valence-electron chi connectivity index (χ4n) is 2.36. The van der Waals surface area contributed by atoms with Crippen molar-refractivity contribution in [1.29, 1.82) is 0 Å². The van der Waals surface area contributed by atoms with Crippen LogP contribution in [0, 0.1) is 0 Å². The Morgan fingerprint density at radius 1 is 1.24 bits per heavy atom. The van der Waals surface area contributed by atoms with Crippen LogP contribution < -0.4 is 15.4 Å². The molecule has 0 fully saturated rings. The summed E-state index contributed by atoms with van der Waals surface area (Å²) < 4.78 is 50.5. The number of alkyl halides is 3. The number of para-hydroxylation sites is 1. The normalized spacial score (nSPS) is 13.7. The van der Waals surface area contributed by atoms with Crippen LogP contribution in [0.25, 0.3) is 0 Å². The van der Waals surface area contributed by atoms with E-state index < -0.39 is 23.7 Å². The molecule has 0 aromatic heterocycles. The quantitative estimate of drug-likeness (QED) is 0.528. The first-order chi connectivity index (χ1) is 11.7. The molecule has 0 saturated heterocycles. The first kappa shape index (κ1) is 20.8. The lowest BCUT2D eigenvalue weighted by molar-refractivity contribution is -0.743. The van der Waals surface area contributed by atoms with E-state index in [0.29, 0.717) is 11.3 Å². The van der Waals surface area contributed by atoms with E-state index in [1.165, 1.54) is 14.0 Å². The summed E-state index contributed by atoms with van der Waals surface area (Å²) in [6, 6.07) is 6.87. The van der Waals surface area contributed by atoms with Gasteiger partial charge in [-0.3, -0.25) is 10.1 Å². The second-order valence-corrected chi connectivity index (χ2v) is 5.26. The van der Waals surface area contributed by atoms with E-state index in [1.54, 1.807) is 29.6 Å². The van der Waals surface area contributed by atoms with Crippen LogP contribution in [-0.2, 0) is 20.7 Å². The van der Waals surface area contributed by atoms with Crippen molar-refractivity contribution < 1.29 is 37.6 Å². The van der Waals surface area contributed by atoms with E-state index in [0.717, 1.165) is 12.2 Å². The molecule has 0 bridgehead atoms. The molecule has 1 amide bonds. The molecule has 0 aliphatic carbocycles. The van der Waals surface area contributed by atoms with Crippen LogP contribution in [0.5, 0.6) is 5.75 Å². The van der Waals surface area contributed by atoms with E-state index in [9.17, 15) is 22.8 Å². The summed E-state index contributed by atoms with van der Waals surface area (Å²) in [6.07, 6.45) is -4.84. The summed E-state index contributed by atoms with van der Waals surface area (Å²) in [5.41, 5.74) is -2.50. The fraction of sp³-hybridized carbons (Fsp3) is 0.500. The zero-order valence-electron chi connectivity index (χ0n) is 14.3. The lowest BCUT2D eigenvalue weighted by Crippen LogP contribution is -3.07. The first-order valence-electron chi connectivity index (χ1n) is 7.67. The Balaban J connectivity index is 3.03. The Labute approximate surface area is 143 Å².